The zero-order valence-corrected chi connectivity index (χ0v) is 14.3. The monoisotopic (exact) mass is 300 g/mol. The first-order chi connectivity index (χ1) is 10.3. The Bertz CT molecular complexity index is 217. The van der Waals surface area contributed by atoms with E-state index in [9.17, 15) is 4.79 Å². The van der Waals surface area contributed by atoms with E-state index >= 15 is 0 Å². The molecule has 0 radical (unpaired) electrons. The Morgan fingerprint density at radius 2 is 1.24 bits per heavy atom. The molecule has 3 heteroatoms. The molecule has 0 fully saturated rings. The molecule has 0 N–H and O–H groups in total. The summed E-state index contributed by atoms with van der Waals surface area (Å²) in [6.45, 7) is 5.78. The normalized spacial score (nSPS) is 10.8. The highest BCUT2D eigenvalue weighted by molar-refractivity contribution is 5.69. The molecule has 0 saturated carbocycles. The second-order valence-corrected chi connectivity index (χ2v) is 5.70. The van der Waals surface area contributed by atoms with Crippen molar-refractivity contribution in [2.75, 3.05) is 19.8 Å². The Labute approximate surface area is 131 Å². The van der Waals surface area contributed by atoms with Gasteiger partial charge in [0.15, 0.2) is 0 Å². The highest BCUT2D eigenvalue weighted by Gasteiger charge is 2.02. The predicted molar refractivity (Wildman–Crippen MR) is 88.5 cm³/mol. The van der Waals surface area contributed by atoms with Crippen LogP contribution in [0.15, 0.2) is 0 Å². The van der Waals surface area contributed by atoms with E-state index < -0.39 is 0 Å². The Hall–Kier alpha value is -0.570. The fraction of sp³-hybridized carbons (Fsp3) is 0.944. The van der Waals surface area contributed by atoms with Crippen LogP contribution < -0.4 is 0 Å². The Morgan fingerprint density at radius 3 is 1.76 bits per heavy atom. The smallest absolute Gasteiger partial charge is 0.305 e. The van der Waals surface area contributed by atoms with E-state index in [2.05, 4.69) is 6.92 Å². The fourth-order valence-electron chi connectivity index (χ4n) is 2.36. The Kier molecular flexibility index (Phi) is 17.0. The second kappa shape index (κ2) is 17.5. The van der Waals surface area contributed by atoms with Crippen molar-refractivity contribution < 1.29 is 14.3 Å². The van der Waals surface area contributed by atoms with E-state index in [1.807, 2.05) is 6.92 Å². The number of unbranched alkanes of at least 4 members (excludes halogenated alkanes) is 10. The van der Waals surface area contributed by atoms with Gasteiger partial charge in [-0.05, 0) is 13.3 Å². The minimum atomic E-state index is -0.0781. The lowest BCUT2D eigenvalue weighted by Crippen LogP contribution is -2.10. The van der Waals surface area contributed by atoms with Crippen molar-refractivity contribution in [3.8, 4) is 0 Å². The molecule has 21 heavy (non-hydrogen) atoms. The average molecular weight is 300 g/mol. The number of rotatable bonds is 16. The van der Waals surface area contributed by atoms with Gasteiger partial charge in [0.2, 0.25) is 0 Å². The number of hydrogen-bond donors (Lipinski definition) is 0. The second-order valence-electron chi connectivity index (χ2n) is 5.70. The van der Waals surface area contributed by atoms with Crippen LogP contribution in [0.4, 0.5) is 0 Å². The molecule has 0 aliphatic carbocycles. The summed E-state index contributed by atoms with van der Waals surface area (Å²) in [6.07, 6.45) is 14.9. The first-order valence-corrected chi connectivity index (χ1v) is 9.04. The van der Waals surface area contributed by atoms with Gasteiger partial charge >= 0.3 is 5.97 Å². The molecular formula is C18H36O3. The summed E-state index contributed by atoms with van der Waals surface area (Å²) in [6, 6.07) is 0. The van der Waals surface area contributed by atoms with Crippen molar-refractivity contribution >= 4 is 5.97 Å². The van der Waals surface area contributed by atoms with Gasteiger partial charge in [-0.2, -0.15) is 0 Å². The van der Waals surface area contributed by atoms with Gasteiger partial charge in [-0.3, -0.25) is 4.79 Å². The minimum Gasteiger partial charge on any atom is -0.463 e. The SMILES string of the molecule is CCCCCCCCCCCCCC(=O)OCCOCC. The van der Waals surface area contributed by atoms with Gasteiger partial charge in [0.1, 0.15) is 6.61 Å². The molecule has 0 heterocycles. The standard InChI is InChI=1S/C18H36O3/c1-3-5-6-7-8-9-10-11-12-13-14-15-18(19)21-17-16-20-4-2/h3-17H2,1-2H3. The first-order valence-electron chi connectivity index (χ1n) is 9.04. The van der Waals surface area contributed by atoms with Crippen LogP contribution in [0, 0.1) is 0 Å². The van der Waals surface area contributed by atoms with Gasteiger partial charge in [-0.25, -0.2) is 0 Å². The molecule has 0 unspecified atom stereocenters. The van der Waals surface area contributed by atoms with Crippen LogP contribution in [-0.4, -0.2) is 25.8 Å². The lowest BCUT2D eigenvalue weighted by Gasteiger charge is -2.05. The summed E-state index contributed by atoms with van der Waals surface area (Å²) in [5.41, 5.74) is 0. The van der Waals surface area contributed by atoms with Gasteiger partial charge in [0.25, 0.3) is 0 Å². The van der Waals surface area contributed by atoms with E-state index in [1.54, 1.807) is 0 Å². The summed E-state index contributed by atoms with van der Waals surface area (Å²) < 4.78 is 10.2. The van der Waals surface area contributed by atoms with Crippen LogP contribution in [0.25, 0.3) is 0 Å². The number of esters is 1. The minimum absolute atomic E-state index is 0.0781. The molecule has 0 bridgehead atoms. The molecule has 0 aromatic rings. The van der Waals surface area contributed by atoms with Gasteiger partial charge in [-0.1, -0.05) is 71.1 Å². The molecule has 0 aromatic carbocycles. The predicted octanol–water partition coefficient (Wildman–Crippen LogP) is 5.27. The van der Waals surface area contributed by atoms with Crippen LogP contribution in [0.1, 0.15) is 90.9 Å². The number of carbonyl (C=O) groups is 1. The first kappa shape index (κ1) is 20.4. The third kappa shape index (κ3) is 17.4. The van der Waals surface area contributed by atoms with Crippen LogP contribution >= 0.6 is 0 Å². The van der Waals surface area contributed by atoms with Crippen molar-refractivity contribution in [2.24, 2.45) is 0 Å². The molecule has 0 aliphatic rings. The van der Waals surface area contributed by atoms with E-state index in [1.165, 1.54) is 57.8 Å². The summed E-state index contributed by atoms with van der Waals surface area (Å²) in [5.74, 6) is -0.0781. The Morgan fingerprint density at radius 1 is 0.714 bits per heavy atom. The van der Waals surface area contributed by atoms with Crippen LogP contribution in [-0.2, 0) is 14.3 Å². The van der Waals surface area contributed by atoms with Crippen LogP contribution in [0.3, 0.4) is 0 Å². The lowest BCUT2D eigenvalue weighted by atomic mass is 10.1. The third-order valence-electron chi connectivity index (χ3n) is 3.68. The van der Waals surface area contributed by atoms with E-state index in [0.29, 0.717) is 26.2 Å². The van der Waals surface area contributed by atoms with E-state index in [-0.39, 0.29) is 5.97 Å². The average Bonchev–Trinajstić information content (AvgIpc) is 2.49. The molecule has 0 amide bonds. The molecule has 126 valence electrons. The molecular weight excluding hydrogens is 264 g/mol. The van der Waals surface area contributed by atoms with Crippen molar-refractivity contribution in [3.05, 3.63) is 0 Å². The molecule has 0 spiro atoms. The van der Waals surface area contributed by atoms with Gasteiger partial charge < -0.3 is 9.47 Å². The number of carbonyl (C=O) groups excluding carboxylic acids is 1. The van der Waals surface area contributed by atoms with E-state index in [4.69, 9.17) is 9.47 Å². The van der Waals surface area contributed by atoms with E-state index in [0.717, 1.165) is 12.8 Å². The fourth-order valence-corrected chi connectivity index (χ4v) is 2.36. The maximum Gasteiger partial charge on any atom is 0.305 e. The highest BCUT2D eigenvalue weighted by atomic mass is 16.6. The molecule has 3 nitrogen and oxygen atoms in total. The molecule has 0 atom stereocenters. The summed E-state index contributed by atoms with van der Waals surface area (Å²) in [7, 11) is 0. The lowest BCUT2D eigenvalue weighted by molar-refractivity contribution is -0.145. The number of ether oxygens (including phenoxy) is 2. The maximum atomic E-state index is 11.4. The van der Waals surface area contributed by atoms with Crippen LogP contribution in [0.2, 0.25) is 0 Å². The highest BCUT2D eigenvalue weighted by Crippen LogP contribution is 2.12. The molecule has 0 aliphatic heterocycles. The summed E-state index contributed by atoms with van der Waals surface area (Å²) >= 11 is 0. The zero-order valence-electron chi connectivity index (χ0n) is 14.3. The Balaban J connectivity index is 3.09. The van der Waals surface area contributed by atoms with Gasteiger partial charge in [0, 0.05) is 13.0 Å². The summed E-state index contributed by atoms with van der Waals surface area (Å²) in [4.78, 5) is 11.4. The quantitative estimate of drug-likeness (QED) is 0.288. The molecule has 0 rings (SSSR count). The topological polar surface area (TPSA) is 35.5 Å². The third-order valence-corrected chi connectivity index (χ3v) is 3.68. The zero-order chi connectivity index (χ0) is 15.6. The molecule has 0 saturated heterocycles. The van der Waals surface area contributed by atoms with Crippen molar-refractivity contribution in [2.45, 2.75) is 90.9 Å². The summed E-state index contributed by atoms with van der Waals surface area (Å²) in [5, 5.41) is 0. The largest absolute Gasteiger partial charge is 0.463 e. The van der Waals surface area contributed by atoms with Crippen molar-refractivity contribution in [1.29, 1.82) is 0 Å². The van der Waals surface area contributed by atoms with Crippen molar-refractivity contribution in [1.82, 2.24) is 0 Å². The van der Waals surface area contributed by atoms with Gasteiger partial charge in [0.05, 0.1) is 6.61 Å². The van der Waals surface area contributed by atoms with Crippen molar-refractivity contribution in [3.63, 3.8) is 0 Å². The maximum absolute atomic E-state index is 11.4. The van der Waals surface area contributed by atoms with Gasteiger partial charge in [-0.15, -0.1) is 0 Å². The van der Waals surface area contributed by atoms with Crippen LogP contribution in [0.5, 0.6) is 0 Å². The molecule has 0 aromatic heterocycles. The number of hydrogen-bond acceptors (Lipinski definition) is 3.